The Balaban J connectivity index is 1.93. The molecule has 2 heterocycles. The number of likely N-dealkylation sites (tertiary alicyclic amines) is 1. The van der Waals surface area contributed by atoms with Crippen LogP contribution in [0.1, 0.15) is 39.0 Å². The van der Waals surface area contributed by atoms with Crippen LogP contribution >= 0.6 is 0 Å². The average Bonchev–Trinajstić information content (AvgIpc) is 2.48. The zero-order valence-electron chi connectivity index (χ0n) is 13.4. The third kappa shape index (κ3) is 4.17. The quantitative estimate of drug-likeness (QED) is 0.767. The summed E-state index contributed by atoms with van der Waals surface area (Å²) in [5, 5.41) is 12.7. The SMILES string of the molecule is CCC1CCCCN1CC1CCNCC1N(C)CCO. The fourth-order valence-electron chi connectivity index (χ4n) is 4.01. The normalized spacial score (nSPS) is 32.7. The summed E-state index contributed by atoms with van der Waals surface area (Å²) in [4.78, 5) is 5.10. The lowest BCUT2D eigenvalue weighted by atomic mass is 9.89. The maximum atomic E-state index is 9.18. The molecule has 0 saturated carbocycles. The Morgan fingerprint density at radius 3 is 2.90 bits per heavy atom. The molecular formula is C16H33N3O. The summed E-state index contributed by atoms with van der Waals surface area (Å²) in [6, 6.07) is 1.39. The van der Waals surface area contributed by atoms with Crippen molar-refractivity contribution in [1.82, 2.24) is 15.1 Å². The standard InChI is InChI=1S/C16H33N3O/c1-3-15-6-4-5-9-19(15)13-14-7-8-17-12-16(14)18(2)10-11-20/h14-17,20H,3-13H2,1-2H3. The molecule has 0 radical (unpaired) electrons. The summed E-state index contributed by atoms with van der Waals surface area (Å²) in [5.74, 6) is 0.750. The zero-order chi connectivity index (χ0) is 14.4. The number of hydrogen-bond donors (Lipinski definition) is 2. The van der Waals surface area contributed by atoms with Crippen molar-refractivity contribution in [3.8, 4) is 0 Å². The van der Waals surface area contributed by atoms with Crippen LogP contribution in [0.2, 0.25) is 0 Å². The monoisotopic (exact) mass is 283 g/mol. The van der Waals surface area contributed by atoms with Crippen molar-refractivity contribution in [1.29, 1.82) is 0 Å². The lowest BCUT2D eigenvalue weighted by molar-refractivity contribution is 0.0610. The van der Waals surface area contributed by atoms with Crippen LogP contribution in [0, 0.1) is 5.92 Å². The van der Waals surface area contributed by atoms with Crippen molar-refractivity contribution in [3.63, 3.8) is 0 Å². The molecule has 3 unspecified atom stereocenters. The number of aliphatic hydroxyl groups is 1. The highest BCUT2D eigenvalue weighted by atomic mass is 16.3. The molecule has 0 spiro atoms. The molecule has 0 aromatic rings. The van der Waals surface area contributed by atoms with E-state index in [1.165, 1.54) is 45.2 Å². The van der Waals surface area contributed by atoms with Crippen LogP contribution in [0.5, 0.6) is 0 Å². The molecular weight excluding hydrogens is 250 g/mol. The van der Waals surface area contributed by atoms with E-state index >= 15 is 0 Å². The van der Waals surface area contributed by atoms with Gasteiger partial charge in [0.15, 0.2) is 0 Å². The van der Waals surface area contributed by atoms with Gasteiger partial charge in [0, 0.05) is 31.7 Å². The zero-order valence-corrected chi connectivity index (χ0v) is 13.4. The number of nitrogens with one attached hydrogen (secondary N) is 1. The Kier molecular flexibility index (Phi) is 6.75. The Morgan fingerprint density at radius 1 is 1.30 bits per heavy atom. The topological polar surface area (TPSA) is 38.7 Å². The van der Waals surface area contributed by atoms with Crippen LogP contribution in [-0.2, 0) is 0 Å². The minimum absolute atomic E-state index is 0.265. The van der Waals surface area contributed by atoms with E-state index in [-0.39, 0.29) is 6.61 Å². The van der Waals surface area contributed by atoms with Crippen LogP contribution in [-0.4, -0.2) is 73.4 Å². The number of hydrogen-bond acceptors (Lipinski definition) is 4. The van der Waals surface area contributed by atoms with Gasteiger partial charge in [-0.2, -0.15) is 0 Å². The Bertz CT molecular complexity index is 274. The van der Waals surface area contributed by atoms with Crippen molar-refractivity contribution < 1.29 is 5.11 Å². The number of rotatable bonds is 6. The highest BCUT2D eigenvalue weighted by molar-refractivity contribution is 4.88. The molecule has 20 heavy (non-hydrogen) atoms. The molecule has 2 rings (SSSR count). The van der Waals surface area contributed by atoms with Crippen LogP contribution in [0.25, 0.3) is 0 Å². The van der Waals surface area contributed by atoms with Gasteiger partial charge in [-0.05, 0) is 51.7 Å². The second-order valence-corrected chi connectivity index (χ2v) is 6.58. The van der Waals surface area contributed by atoms with Gasteiger partial charge in [-0.15, -0.1) is 0 Å². The molecule has 0 aromatic heterocycles. The van der Waals surface area contributed by atoms with Gasteiger partial charge < -0.3 is 15.3 Å². The second-order valence-electron chi connectivity index (χ2n) is 6.58. The summed E-state index contributed by atoms with van der Waals surface area (Å²) in [5.41, 5.74) is 0. The van der Waals surface area contributed by atoms with Gasteiger partial charge in [0.2, 0.25) is 0 Å². The Labute approximate surface area is 124 Å². The number of nitrogens with zero attached hydrogens (tertiary/aromatic N) is 2. The maximum Gasteiger partial charge on any atom is 0.0558 e. The molecule has 4 heteroatoms. The minimum atomic E-state index is 0.265. The first kappa shape index (κ1) is 16.2. The lowest BCUT2D eigenvalue weighted by Crippen LogP contribution is -2.54. The molecule has 2 saturated heterocycles. The summed E-state index contributed by atoms with van der Waals surface area (Å²) < 4.78 is 0. The lowest BCUT2D eigenvalue weighted by Gasteiger charge is -2.43. The van der Waals surface area contributed by atoms with Crippen molar-refractivity contribution in [2.45, 2.75) is 51.1 Å². The Morgan fingerprint density at radius 2 is 2.15 bits per heavy atom. The van der Waals surface area contributed by atoms with Crippen molar-refractivity contribution in [2.75, 3.05) is 46.4 Å². The third-order valence-corrected chi connectivity index (χ3v) is 5.30. The average molecular weight is 283 g/mol. The molecule has 0 aromatic carbocycles. The predicted octanol–water partition coefficient (Wildman–Crippen LogP) is 1.15. The van der Waals surface area contributed by atoms with Crippen molar-refractivity contribution in [2.24, 2.45) is 5.92 Å². The molecule has 0 bridgehead atoms. The van der Waals surface area contributed by atoms with E-state index in [1.807, 2.05) is 0 Å². The first-order valence-electron chi connectivity index (χ1n) is 8.52. The minimum Gasteiger partial charge on any atom is -0.395 e. The number of likely N-dealkylation sites (N-methyl/N-ethyl adjacent to an activating group) is 1. The van der Waals surface area contributed by atoms with E-state index in [9.17, 15) is 5.11 Å². The van der Waals surface area contributed by atoms with Crippen molar-refractivity contribution in [3.05, 3.63) is 0 Å². The van der Waals surface area contributed by atoms with Crippen molar-refractivity contribution >= 4 is 0 Å². The van der Waals surface area contributed by atoms with Gasteiger partial charge >= 0.3 is 0 Å². The van der Waals surface area contributed by atoms with E-state index in [0.29, 0.717) is 6.04 Å². The van der Waals surface area contributed by atoms with Gasteiger partial charge in [-0.25, -0.2) is 0 Å². The molecule has 2 aliphatic heterocycles. The summed E-state index contributed by atoms with van der Waals surface area (Å²) >= 11 is 0. The molecule has 3 atom stereocenters. The molecule has 118 valence electrons. The highest BCUT2D eigenvalue weighted by Gasteiger charge is 2.31. The molecule has 0 amide bonds. The van der Waals surface area contributed by atoms with Gasteiger partial charge in [-0.3, -0.25) is 4.90 Å². The van der Waals surface area contributed by atoms with Crippen LogP contribution in [0.3, 0.4) is 0 Å². The first-order chi connectivity index (χ1) is 9.76. The largest absolute Gasteiger partial charge is 0.395 e. The smallest absolute Gasteiger partial charge is 0.0558 e. The van der Waals surface area contributed by atoms with Crippen LogP contribution in [0.4, 0.5) is 0 Å². The van der Waals surface area contributed by atoms with E-state index in [4.69, 9.17) is 0 Å². The second kappa shape index (κ2) is 8.32. The summed E-state index contributed by atoms with van der Waals surface area (Å²) in [6.07, 6.45) is 6.74. The van der Waals surface area contributed by atoms with Gasteiger partial charge in [0.05, 0.1) is 6.61 Å². The summed E-state index contributed by atoms with van der Waals surface area (Å²) in [7, 11) is 2.16. The van der Waals surface area contributed by atoms with E-state index in [0.717, 1.165) is 31.6 Å². The Hall–Kier alpha value is -0.160. The fourth-order valence-corrected chi connectivity index (χ4v) is 4.01. The van der Waals surface area contributed by atoms with Gasteiger partial charge in [-0.1, -0.05) is 13.3 Å². The molecule has 2 aliphatic rings. The van der Waals surface area contributed by atoms with Gasteiger partial charge in [0.1, 0.15) is 0 Å². The van der Waals surface area contributed by atoms with E-state index in [2.05, 4.69) is 29.1 Å². The third-order valence-electron chi connectivity index (χ3n) is 5.30. The number of piperidine rings is 2. The maximum absolute atomic E-state index is 9.18. The van der Waals surface area contributed by atoms with E-state index < -0.39 is 0 Å². The van der Waals surface area contributed by atoms with Gasteiger partial charge in [0.25, 0.3) is 0 Å². The fraction of sp³-hybridized carbons (Fsp3) is 1.00. The number of aliphatic hydroxyl groups excluding tert-OH is 1. The van der Waals surface area contributed by atoms with Crippen LogP contribution < -0.4 is 5.32 Å². The highest BCUT2D eigenvalue weighted by Crippen LogP contribution is 2.25. The molecule has 0 aliphatic carbocycles. The first-order valence-corrected chi connectivity index (χ1v) is 8.52. The predicted molar refractivity (Wildman–Crippen MR) is 84.0 cm³/mol. The van der Waals surface area contributed by atoms with Crippen LogP contribution in [0.15, 0.2) is 0 Å². The molecule has 4 nitrogen and oxygen atoms in total. The molecule has 2 N–H and O–H groups in total. The summed E-state index contributed by atoms with van der Waals surface area (Å²) in [6.45, 7) is 8.16. The molecule has 2 fully saturated rings. The van der Waals surface area contributed by atoms with E-state index in [1.54, 1.807) is 0 Å².